The molecule has 0 radical (unpaired) electrons. The second kappa shape index (κ2) is 51.2. The molecule has 0 aromatic rings. The maximum absolute atomic E-state index is 12.4. The standard InChI is InChI=1S/C27H42N2O48S12.12Na/c30-78(31,32)66-16-6-2-12(20(70-82(42,43)44)24(16)74-86(54,55)56)28(13-3-7-17(67-79(33,34)35)25(75-87(57,58)59)21(13)71-83(45,46)47)10-1-11-29(14-4-8-18(68-80(36,37)38)26(76-88(60,61)62)22(14)72-84(48,49)50)15-5-9-19(69-81(39,40)41)27(77-89(63,64)65)23(15)73-85(51,52)53;;;;;;;;;;;;/h2-9,12-27H,1,10-11H2,(H,30,31,32)(H,33,34,35)(H,36,37,38)(H,39,40,41)(H,42,43,44)(H,45,46,47)(H,48,49,50)(H,51,52,53)(H,54,55,56)(H,57,58,59)(H,60,61,62)(H,63,64,65);;;;;;;;;;;;/q;12*+1/p-12/t12-,13-,14-,15-,16+,17+,18+,19+,20+,21+,22+,23+,24+,25+,26+,27+;;;;;;;;;;;;/m0............/s1. The van der Waals surface area contributed by atoms with Crippen molar-refractivity contribution in [3.63, 3.8) is 0 Å². The number of hydrogen-bond donors (Lipinski definition) is 0. The Labute approximate surface area is 843 Å². The van der Waals surface area contributed by atoms with Crippen molar-refractivity contribution in [2.45, 2.75) is 104 Å². The Balaban J connectivity index is -0.00000101. The topological polar surface area (TPSA) is 804 Å². The third-order valence-corrected chi connectivity index (χ3v) is 16.5. The molecule has 4 aliphatic rings. The van der Waals surface area contributed by atoms with Crippen LogP contribution < -0.4 is 355 Å². The van der Waals surface area contributed by atoms with Gasteiger partial charge in [-0.2, -0.15) is 0 Å². The molecule has 4 aliphatic carbocycles. The summed E-state index contributed by atoms with van der Waals surface area (Å²) in [6.07, 6.45) is -40.9. The predicted octanol–water partition coefficient (Wildman–Crippen LogP) is -48.1. The van der Waals surface area contributed by atoms with Crippen LogP contribution >= 0.6 is 0 Å². The van der Waals surface area contributed by atoms with Gasteiger partial charge < -0.3 is 54.6 Å². The van der Waals surface area contributed by atoms with Crippen LogP contribution in [0.4, 0.5) is 0 Å². The summed E-state index contributed by atoms with van der Waals surface area (Å²) in [7, 11) is -78.3. The van der Waals surface area contributed by atoms with E-state index < -0.39 is 242 Å². The van der Waals surface area contributed by atoms with E-state index in [1.165, 1.54) is 0 Å². The molecular formula is C27H30N2Na12O48S12. The van der Waals surface area contributed by atoms with Gasteiger partial charge in [0.1, 0.15) is 73.2 Å². The molecule has 74 heteroatoms. The van der Waals surface area contributed by atoms with Gasteiger partial charge in [0, 0.05) is 13.1 Å². The SMILES string of the molecule is O=S(=O)([O-])O[C@H]1[C@H](OS(=O)(=O)[O-])[C@@H](N(CCCN([C@H]2C=C[C@@H](OS(=O)(=O)[O-])[C@@H](OS(=O)(=O)[O-])[C@@H]2OS(=O)(=O)[O-])[C@H]2C=C[C@@H](OS(=O)(=O)[O-])[C@@H](OS(=O)(=O)[O-])[C@@H]2OS(=O)(=O)[O-])[C@H]2C=C[C@@H](OS(=O)(=O)[O-])[C@@H](OS(=O)(=O)[O-])[C@@H]2OS(=O)(=O)[O-])C=C[C@H]1OS(=O)(=O)[O-].[Na+].[Na+].[Na+].[Na+].[Na+].[Na+].[Na+].[Na+].[Na+].[Na+].[Na+].[Na+]. The van der Waals surface area contributed by atoms with Gasteiger partial charge in [0.05, 0.1) is 24.2 Å². The average Bonchev–Trinajstić information content (AvgIpc) is 0.765. The van der Waals surface area contributed by atoms with E-state index >= 15 is 0 Å². The first kappa shape index (κ1) is 128. The Morgan fingerprint density at radius 3 is 0.436 bits per heavy atom. The van der Waals surface area contributed by atoms with Gasteiger partial charge >= 0.3 is 355 Å². The van der Waals surface area contributed by atoms with E-state index in [2.05, 4.69) is 50.2 Å². The van der Waals surface area contributed by atoms with E-state index in [9.17, 15) is 156 Å². The molecule has 0 amide bonds. The van der Waals surface area contributed by atoms with Crippen LogP contribution in [0.3, 0.4) is 0 Å². The van der Waals surface area contributed by atoms with Crippen molar-refractivity contribution in [3.05, 3.63) is 48.6 Å². The van der Waals surface area contributed by atoms with Gasteiger partial charge in [-0.25, -0.2) is 101 Å². The Bertz CT molecular complexity index is 3670. The Morgan fingerprint density at radius 2 is 0.317 bits per heavy atom. The first-order chi connectivity index (χ1) is 39.6. The molecule has 0 bridgehead atoms. The molecule has 4 rings (SSSR count). The van der Waals surface area contributed by atoms with E-state index in [0.717, 1.165) is 0 Å². The van der Waals surface area contributed by atoms with Gasteiger partial charge in [0.15, 0.2) is 0 Å². The predicted molar refractivity (Wildman–Crippen MR) is 245 cm³/mol. The van der Waals surface area contributed by atoms with Crippen molar-refractivity contribution in [1.82, 2.24) is 9.80 Å². The zero-order valence-electron chi connectivity index (χ0n) is 53.4. The van der Waals surface area contributed by atoms with E-state index in [1.807, 2.05) is 0 Å². The molecule has 0 unspecified atom stereocenters. The summed E-state index contributed by atoms with van der Waals surface area (Å²) in [6.45, 7) is -3.45. The molecule has 101 heavy (non-hydrogen) atoms. The van der Waals surface area contributed by atoms with Crippen LogP contribution in [-0.2, 0) is 175 Å². The van der Waals surface area contributed by atoms with Crippen LogP contribution in [-0.4, -0.2) is 276 Å². The normalized spacial score (nSPS) is 27.2. The molecule has 0 aromatic carbocycles. The van der Waals surface area contributed by atoms with Crippen molar-refractivity contribution < 1.29 is 561 Å². The van der Waals surface area contributed by atoms with Crippen LogP contribution in [0, 0.1) is 0 Å². The molecule has 0 heterocycles. The first-order valence-electron chi connectivity index (χ1n) is 21.5. The number of rotatable bonds is 32. The van der Waals surface area contributed by atoms with Crippen LogP contribution in [0.5, 0.6) is 0 Å². The van der Waals surface area contributed by atoms with Crippen molar-refractivity contribution in [2.24, 2.45) is 0 Å². The fourth-order valence-corrected chi connectivity index (χ4v) is 14.5. The van der Waals surface area contributed by atoms with E-state index in [0.29, 0.717) is 0 Å². The molecule has 0 spiro atoms. The molecule has 0 aromatic heterocycles. The van der Waals surface area contributed by atoms with Crippen molar-refractivity contribution in [1.29, 1.82) is 0 Å². The van der Waals surface area contributed by atoms with E-state index in [-0.39, 0.29) is 413 Å². The Kier molecular flexibility index (Phi) is 65.1. The van der Waals surface area contributed by atoms with Crippen LogP contribution in [0.15, 0.2) is 48.6 Å². The molecule has 16 atom stereocenters. The molecule has 0 aliphatic heterocycles. The zero-order valence-corrected chi connectivity index (χ0v) is 87.2. The molecule has 520 valence electrons. The van der Waals surface area contributed by atoms with Gasteiger partial charge in [0.2, 0.25) is 125 Å². The molecular weight excluding hydrogens is 1780 g/mol. The minimum Gasteiger partial charge on any atom is -0.726 e. The Hall–Kier alpha value is 9.32. The van der Waals surface area contributed by atoms with Gasteiger partial charge in [-0.05, 0) is 6.42 Å². The fraction of sp³-hybridized carbons (Fsp3) is 0.704. The second-order valence-corrected chi connectivity index (χ2v) is 29.1. The van der Waals surface area contributed by atoms with Crippen molar-refractivity contribution in [2.75, 3.05) is 13.1 Å². The molecule has 0 saturated carbocycles. The molecule has 50 nitrogen and oxygen atoms in total. The largest absolute Gasteiger partial charge is 1.00 e. The second-order valence-electron chi connectivity index (χ2n) is 17.0. The maximum atomic E-state index is 12.4. The summed E-state index contributed by atoms with van der Waals surface area (Å²) in [5.41, 5.74) is 0. The summed E-state index contributed by atoms with van der Waals surface area (Å²) in [6, 6.07) is -11.8. The molecule has 0 fully saturated rings. The van der Waals surface area contributed by atoms with Gasteiger partial charge in [0.25, 0.3) is 0 Å². The van der Waals surface area contributed by atoms with E-state index in [1.54, 1.807) is 0 Å². The quantitative estimate of drug-likeness (QED) is 0.0261. The fourth-order valence-electron chi connectivity index (χ4n) is 8.79. The summed E-state index contributed by atoms with van der Waals surface area (Å²) < 4.78 is 485. The minimum absolute atomic E-state index is 0. The minimum atomic E-state index is -6.68. The summed E-state index contributed by atoms with van der Waals surface area (Å²) in [5.74, 6) is 0. The monoisotopic (exact) mass is 1810 g/mol. The summed E-state index contributed by atoms with van der Waals surface area (Å²) >= 11 is 0. The first-order valence-corrected chi connectivity index (χ1v) is 37.5. The number of hydrogen-bond acceptors (Lipinski definition) is 50. The van der Waals surface area contributed by atoms with Gasteiger partial charge in [-0.15, -0.1) is 0 Å². The molecule has 0 N–H and O–H groups in total. The smallest absolute Gasteiger partial charge is 0.726 e. The third kappa shape index (κ3) is 49.6. The third-order valence-electron chi connectivity index (χ3n) is 11.0. The summed E-state index contributed by atoms with van der Waals surface area (Å²) in [4.78, 5) is 0.0271. The van der Waals surface area contributed by atoms with Gasteiger partial charge in [-0.3, -0.25) is 60.0 Å². The molecule has 0 saturated heterocycles. The van der Waals surface area contributed by atoms with Crippen molar-refractivity contribution >= 4 is 125 Å². The Morgan fingerprint density at radius 1 is 0.198 bits per heavy atom. The van der Waals surface area contributed by atoms with Crippen LogP contribution in [0.1, 0.15) is 6.42 Å². The van der Waals surface area contributed by atoms with E-state index in [4.69, 9.17) is 0 Å². The van der Waals surface area contributed by atoms with Gasteiger partial charge in [-0.1, -0.05) is 48.6 Å². The van der Waals surface area contributed by atoms with Crippen LogP contribution in [0.2, 0.25) is 0 Å². The zero-order chi connectivity index (χ0) is 68.7. The van der Waals surface area contributed by atoms with Crippen LogP contribution in [0.25, 0.3) is 0 Å². The maximum Gasteiger partial charge on any atom is 1.00 e. The average molecular weight is 1810 g/mol. The van der Waals surface area contributed by atoms with Crippen molar-refractivity contribution in [3.8, 4) is 0 Å². The number of nitrogens with zero attached hydrogens (tertiary/aromatic N) is 2. The summed E-state index contributed by atoms with van der Waals surface area (Å²) in [5, 5.41) is 0.